The van der Waals surface area contributed by atoms with Crippen LogP contribution < -0.4 is 14.9 Å². The third-order valence-electron chi connectivity index (χ3n) is 3.09. The van der Waals surface area contributed by atoms with Gasteiger partial charge in [0, 0.05) is 0 Å². The molecule has 0 saturated heterocycles. The summed E-state index contributed by atoms with van der Waals surface area (Å²) < 4.78 is 23.1. The van der Waals surface area contributed by atoms with E-state index in [9.17, 15) is 9.18 Å². The van der Waals surface area contributed by atoms with Gasteiger partial charge in [0.05, 0.1) is 26.9 Å². The number of carbonyl (C=O) groups excluding carboxylic acids is 1. The third-order valence-corrected chi connectivity index (χ3v) is 3.09. The number of rotatable bonds is 6. The van der Waals surface area contributed by atoms with Gasteiger partial charge in [-0.25, -0.2) is 9.82 Å². The van der Waals surface area contributed by atoms with E-state index in [1.807, 2.05) is 0 Å². The fourth-order valence-electron chi connectivity index (χ4n) is 1.94. The molecule has 0 aliphatic carbocycles. The number of hydrazone groups is 1. The largest absolute Gasteiger partial charge is 0.493 e. The molecule has 2 rings (SSSR count). The minimum absolute atomic E-state index is 0.129. The number of benzene rings is 2. The van der Waals surface area contributed by atoms with Gasteiger partial charge < -0.3 is 9.47 Å². The smallest absolute Gasteiger partial charge is 0.244 e. The van der Waals surface area contributed by atoms with E-state index in [2.05, 4.69) is 10.5 Å². The van der Waals surface area contributed by atoms with Crippen LogP contribution in [-0.2, 0) is 11.2 Å². The number of hydrogen-bond acceptors (Lipinski definition) is 4. The summed E-state index contributed by atoms with van der Waals surface area (Å²) in [4.78, 5) is 11.7. The van der Waals surface area contributed by atoms with Crippen LogP contribution in [0.5, 0.6) is 11.5 Å². The van der Waals surface area contributed by atoms with Crippen molar-refractivity contribution in [2.75, 3.05) is 14.2 Å². The highest BCUT2D eigenvalue weighted by Crippen LogP contribution is 2.26. The van der Waals surface area contributed by atoms with Crippen molar-refractivity contribution in [3.05, 3.63) is 59.4 Å². The molecule has 0 aliphatic heterocycles. The maximum atomic E-state index is 12.8. The standard InChI is InChI=1S/C17H17FN2O3/c1-22-15-8-5-13(9-16(15)23-2)11-19-20-17(21)10-12-3-6-14(18)7-4-12/h3-9,11H,10H2,1-2H3,(H,20,21)/b19-11+. The van der Waals surface area contributed by atoms with E-state index in [4.69, 9.17) is 9.47 Å². The molecule has 0 heterocycles. The van der Waals surface area contributed by atoms with Crippen LogP contribution in [0.1, 0.15) is 11.1 Å². The molecule has 5 nitrogen and oxygen atoms in total. The molecule has 23 heavy (non-hydrogen) atoms. The lowest BCUT2D eigenvalue weighted by molar-refractivity contribution is -0.120. The lowest BCUT2D eigenvalue weighted by Crippen LogP contribution is -2.19. The monoisotopic (exact) mass is 316 g/mol. The molecular weight excluding hydrogens is 299 g/mol. The molecule has 1 amide bonds. The molecule has 120 valence electrons. The first kappa shape index (κ1) is 16.5. The molecule has 0 saturated carbocycles. The van der Waals surface area contributed by atoms with E-state index in [-0.39, 0.29) is 18.1 Å². The van der Waals surface area contributed by atoms with Gasteiger partial charge in [0.25, 0.3) is 0 Å². The summed E-state index contributed by atoms with van der Waals surface area (Å²) in [7, 11) is 3.10. The highest BCUT2D eigenvalue weighted by molar-refractivity contribution is 5.84. The Bertz CT molecular complexity index is 699. The fraction of sp³-hybridized carbons (Fsp3) is 0.176. The zero-order valence-electron chi connectivity index (χ0n) is 12.9. The van der Waals surface area contributed by atoms with Gasteiger partial charge in [-0.2, -0.15) is 5.10 Å². The number of methoxy groups -OCH3 is 2. The van der Waals surface area contributed by atoms with E-state index in [1.165, 1.54) is 18.3 Å². The van der Waals surface area contributed by atoms with Crippen molar-refractivity contribution in [3.63, 3.8) is 0 Å². The molecule has 0 unspecified atom stereocenters. The van der Waals surface area contributed by atoms with Gasteiger partial charge in [0.1, 0.15) is 5.82 Å². The second-order valence-corrected chi connectivity index (χ2v) is 4.71. The second-order valence-electron chi connectivity index (χ2n) is 4.71. The van der Waals surface area contributed by atoms with Gasteiger partial charge in [-0.15, -0.1) is 0 Å². The summed E-state index contributed by atoms with van der Waals surface area (Å²) in [6, 6.07) is 11.0. The number of halogens is 1. The van der Waals surface area contributed by atoms with Crippen LogP contribution in [-0.4, -0.2) is 26.3 Å². The highest BCUT2D eigenvalue weighted by atomic mass is 19.1. The van der Waals surface area contributed by atoms with E-state index >= 15 is 0 Å². The molecule has 0 aliphatic rings. The molecular formula is C17H17FN2O3. The lowest BCUT2D eigenvalue weighted by Gasteiger charge is -2.07. The topological polar surface area (TPSA) is 59.9 Å². The molecule has 2 aromatic rings. The Hall–Kier alpha value is -2.89. The first-order valence-corrected chi connectivity index (χ1v) is 6.90. The number of ether oxygens (including phenoxy) is 2. The van der Waals surface area contributed by atoms with Crippen molar-refractivity contribution in [1.82, 2.24) is 5.43 Å². The number of carbonyl (C=O) groups is 1. The van der Waals surface area contributed by atoms with Gasteiger partial charge in [0.15, 0.2) is 11.5 Å². The molecule has 0 fully saturated rings. The number of nitrogens with one attached hydrogen (secondary N) is 1. The van der Waals surface area contributed by atoms with Crippen LogP contribution in [0, 0.1) is 5.82 Å². The van der Waals surface area contributed by atoms with Crippen LogP contribution >= 0.6 is 0 Å². The average Bonchev–Trinajstić information content (AvgIpc) is 2.56. The predicted octanol–water partition coefficient (Wildman–Crippen LogP) is 2.54. The van der Waals surface area contributed by atoms with Gasteiger partial charge in [-0.05, 0) is 41.5 Å². The number of hydrogen-bond donors (Lipinski definition) is 1. The normalized spacial score (nSPS) is 10.6. The summed E-state index contributed by atoms with van der Waals surface area (Å²) in [6.07, 6.45) is 1.63. The fourth-order valence-corrected chi connectivity index (χ4v) is 1.94. The third kappa shape index (κ3) is 4.81. The zero-order valence-corrected chi connectivity index (χ0v) is 12.9. The van der Waals surface area contributed by atoms with E-state index < -0.39 is 0 Å². The first-order chi connectivity index (χ1) is 11.1. The maximum Gasteiger partial charge on any atom is 0.244 e. The summed E-state index contributed by atoms with van der Waals surface area (Å²) >= 11 is 0. The quantitative estimate of drug-likeness (QED) is 0.658. The predicted molar refractivity (Wildman–Crippen MR) is 85.4 cm³/mol. The van der Waals surface area contributed by atoms with Crippen molar-refractivity contribution >= 4 is 12.1 Å². The number of nitrogens with zero attached hydrogens (tertiary/aromatic N) is 1. The molecule has 0 atom stereocenters. The summed E-state index contributed by atoms with van der Waals surface area (Å²) in [6.45, 7) is 0. The molecule has 0 aromatic heterocycles. The summed E-state index contributed by atoms with van der Waals surface area (Å²) in [5, 5.41) is 3.89. The van der Waals surface area contributed by atoms with Crippen LogP contribution in [0.25, 0.3) is 0 Å². The Morgan fingerprint density at radius 1 is 1.13 bits per heavy atom. The van der Waals surface area contributed by atoms with Crippen molar-refractivity contribution in [3.8, 4) is 11.5 Å². The molecule has 1 N–H and O–H groups in total. The molecule has 0 radical (unpaired) electrons. The first-order valence-electron chi connectivity index (χ1n) is 6.90. The minimum Gasteiger partial charge on any atom is -0.493 e. The van der Waals surface area contributed by atoms with Crippen LogP contribution in [0.2, 0.25) is 0 Å². The van der Waals surface area contributed by atoms with Crippen molar-refractivity contribution in [2.45, 2.75) is 6.42 Å². The SMILES string of the molecule is COc1ccc(/C=N/NC(=O)Cc2ccc(F)cc2)cc1OC. The second kappa shape index (κ2) is 7.93. The van der Waals surface area contributed by atoms with Gasteiger partial charge >= 0.3 is 0 Å². The highest BCUT2D eigenvalue weighted by Gasteiger charge is 2.04. The minimum atomic E-state index is -0.333. The Balaban J connectivity index is 1.93. The molecule has 2 aromatic carbocycles. The van der Waals surface area contributed by atoms with Crippen LogP contribution in [0.4, 0.5) is 4.39 Å². The zero-order chi connectivity index (χ0) is 16.7. The van der Waals surface area contributed by atoms with Crippen molar-refractivity contribution in [2.24, 2.45) is 5.10 Å². The van der Waals surface area contributed by atoms with Crippen molar-refractivity contribution in [1.29, 1.82) is 0 Å². The maximum absolute atomic E-state index is 12.8. The average molecular weight is 316 g/mol. The van der Waals surface area contributed by atoms with Gasteiger partial charge in [0.2, 0.25) is 5.91 Å². The van der Waals surface area contributed by atoms with Crippen LogP contribution in [0.3, 0.4) is 0 Å². The summed E-state index contributed by atoms with van der Waals surface area (Å²) in [5.74, 6) is 0.577. The molecule has 6 heteroatoms. The van der Waals surface area contributed by atoms with E-state index in [0.717, 1.165) is 5.56 Å². The van der Waals surface area contributed by atoms with Crippen molar-refractivity contribution < 1.29 is 18.7 Å². The Morgan fingerprint density at radius 2 is 1.83 bits per heavy atom. The van der Waals surface area contributed by atoms with E-state index in [0.29, 0.717) is 17.1 Å². The molecule has 0 bridgehead atoms. The van der Waals surface area contributed by atoms with Crippen LogP contribution in [0.15, 0.2) is 47.6 Å². The summed E-state index contributed by atoms with van der Waals surface area (Å²) in [5.41, 5.74) is 3.89. The number of amides is 1. The Kier molecular flexibility index (Phi) is 5.68. The molecule has 0 spiro atoms. The Labute approximate surface area is 133 Å². The van der Waals surface area contributed by atoms with E-state index in [1.54, 1.807) is 44.6 Å². The lowest BCUT2D eigenvalue weighted by atomic mass is 10.1. The van der Waals surface area contributed by atoms with Gasteiger partial charge in [-0.3, -0.25) is 4.79 Å². The Morgan fingerprint density at radius 3 is 2.48 bits per heavy atom. The van der Waals surface area contributed by atoms with Gasteiger partial charge in [-0.1, -0.05) is 12.1 Å².